The molecule has 1 aromatic rings. The molecule has 0 unspecified atom stereocenters. The average Bonchev–Trinajstić information content (AvgIpc) is 2.58. The van der Waals surface area contributed by atoms with Crippen LogP contribution in [0.3, 0.4) is 0 Å². The maximum Gasteiger partial charge on any atom is 0.247 e. The molecule has 1 aliphatic carbocycles. The van der Waals surface area contributed by atoms with Crippen LogP contribution in [0.1, 0.15) is 64.0 Å². The third-order valence-electron chi connectivity index (χ3n) is 5.67. The van der Waals surface area contributed by atoms with Crippen LogP contribution in [0.2, 0.25) is 0 Å². The highest BCUT2D eigenvalue weighted by molar-refractivity contribution is 5.97. The van der Waals surface area contributed by atoms with Crippen molar-refractivity contribution in [2.45, 2.75) is 72.8 Å². The van der Waals surface area contributed by atoms with Crippen LogP contribution in [0.5, 0.6) is 0 Å². The molecule has 26 heavy (non-hydrogen) atoms. The quantitative estimate of drug-likeness (QED) is 0.781. The number of hydrogen-bond acceptors (Lipinski definition) is 2. The van der Waals surface area contributed by atoms with Crippen LogP contribution in [0.4, 0.5) is 5.69 Å². The summed E-state index contributed by atoms with van der Waals surface area (Å²) < 4.78 is 0. The molecular weight excluding hydrogens is 324 g/mol. The van der Waals surface area contributed by atoms with Gasteiger partial charge in [-0.1, -0.05) is 33.3 Å². The molecule has 0 aromatic heterocycles. The fraction of sp³-hybridized carbons (Fsp3) is 0.636. The Morgan fingerprint density at radius 3 is 2.19 bits per heavy atom. The number of aryl methyl sites for hydroxylation is 2. The number of hydrogen-bond donors (Lipinski definition) is 2. The number of amides is 2. The number of carbonyl (C=O) groups excluding carboxylic acids is 2. The Kier molecular flexibility index (Phi) is 7.24. The van der Waals surface area contributed by atoms with Gasteiger partial charge in [-0.15, -0.1) is 0 Å². The molecule has 0 aliphatic heterocycles. The number of carbonyl (C=O) groups is 2. The van der Waals surface area contributed by atoms with Gasteiger partial charge in [-0.25, -0.2) is 0 Å². The average molecular weight is 359 g/mol. The lowest BCUT2D eigenvalue weighted by atomic mass is 9.82. The van der Waals surface area contributed by atoms with Gasteiger partial charge in [-0.05, 0) is 74.6 Å². The van der Waals surface area contributed by atoms with Crippen molar-refractivity contribution in [3.8, 4) is 0 Å². The van der Waals surface area contributed by atoms with E-state index in [9.17, 15) is 9.59 Å². The van der Waals surface area contributed by atoms with Crippen molar-refractivity contribution in [2.24, 2.45) is 17.8 Å². The van der Waals surface area contributed by atoms with Crippen molar-refractivity contribution in [1.82, 2.24) is 5.32 Å². The van der Waals surface area contributed by atoms with Crippen molar-refractivity contribution >= 4 is 17.5 Å². The standard InChI is InChI=1S/C22H34N2O2/c1-6-17(5)20(24-21(25)18-9-7-14(2)8-10-18)22(26)23-19-12-15(3)11-16(4)13-19/h11-14,17-18,20H,6-10H2,1-5H3,(H,23,26)(H,24,25)/t14?,17-,18?,20-/m1/s1. The Balaban J connectivity index is 2.05. The first-order chi connectivity index (χ1) is 12.3. The van der Waals surface area contributed by atoms with Gasteiger partial charge in [-0.2, -0.15) is 0 Å². The van der Waals surface area contributed by atoms with E-state index in [-0.39, 0.29) is 23.7 Å². The van der Waals surface area contributed by atoms with Crippen molar-refractivity contribution in [1.29, 1.82) is 0 Å². The van der Waals surface area contributed by atoms with Gasteiger partial charge >= 0.3 is 0 Å². The fourth-order valence-electron chi connectivity index (χ4n) is 3.76. The van der Waals surface area contributed by atoms with Gasteiger partial charge < -0.3 is 10.6 Å². The Bertz CT molecular complexity index is 613. The van der Waals surface area contributed by atoms with E-state index in [0.29, 0.717) is 5.92 Å². The second-order valence-electron chi connectivity index (χ2n) is 8.19. The van der Waals surface area contributed by atoms with Crippen LogP contribution < -0.4 is 10.6 Å². The van der Waals surface area contributed by atoms with E-state index >= 15 is 0 Å². The van der Waals surface area contributed by atoms with Crippen molar-refractivity contribution < 1.29 is 9.59 Å². The first-order valence-corrected chi connectivity index (χ1v) is 9.99. The molecular formula is C22H34N2O2. The highest BCUT2D eigenvalue weighted by Gasteiger charge is 2.30. The zero-order chi connectivity index (χ0) is 19.3. The van der Waals surface area contributed by atoms with Crippen molar-refractivity contribution in [2.75, 3.05) is 5.32 Å². The predicted octanol–water partition coefficient (Wildman–Crippen LogP) is 4.60. The topological polar surface area (TPSA) is 58.2 Å². The highest BCUT2D eigenvalue weighted by Crippen LogP contribution is 2.28. The minimum absolute atomic E-state index is 0.0396. The van der Waals surface area contributed by atoms with Crippen LogP contribution in [-0.2, 0) is 9.59 Å². The fourth-order valence-corrected chi connectivity index (χ4v) is 3.76. The summed E-state index contributed by atoms with van der Waals surface area (Å²) in [7, 11) is 0. The molecule has 4 heteroatoms. The Morgan fingerprint density at radius 2 is 1.65 bits per heavy atom. The summed E-state index contributed by atoms with van der Waals surface area (Å²) in [5.41, 5.74) is 3.02. The van der Waals surface area contributed by atoms with E-state index in [1.807, 2.05) is 32.9 Å². The Hall–Kier alpha value is -1.84. The summed E-state index contributed by atoms with van der Waals surface area (Å²) in [5, 5.41) is 6.05. The van der Waals surface area contributed by atoms with E-state index in [1.54, 1.807) is 0 Å². The molecule has 0 radical (unpaired) electrons. The molecule has 4 nitrogen and oxygen atoms in total. The maximum atomic E-state index is 12.9. The molecule has 0 bridgehead atoms. The molecule has 2 atom stereocenters. The monoisotopic (exact) mass is 358 g/mol. The lowest BCUT2D eigenvalue weighted by molar-refractivity contribution is -0.131. The van der Waals surface area contributed by atoms with Gasteiger partial charge in [0.25, 0.3) is 0 Å². The van der Waals surface area contributed by atoms with Crippen LogP contribution in [-0.4, -0.2) is 17.9 Å². The number of nitrogens with one attached hydrogen (secondary N) is 2. The number of anilines is 1. The highest BCUT2D eigenvalue weighted by atomic mass is 16.2. The molecule has 1 aliphatic rings. The Labute approximate surface area is 158 Å². The Morgan fingerprint density at radius 1 is 1.08 bits per heavy atom. The largest absolute Gasteiger partial charge is 0.344 e. The summed E-state index contributed by atoms with van der Waals surface area (Å²) in [6.07, 6.45) is 4.90. The molecule has 0 spiro atoms. The van der Waals surface area contributed by atoms with Crippen LogP contribution in [0, 0.1) is 31.6 Å². The van der Waals surface area contributed by atoms with Gasteiger partial charge in [0.2, 0.25) is 11.8 Å². The molecule has 1 fully saturated rings. The SMILES string of the molecule is CC[C@@H](C)[C@@H](NC(=O)C1CCC(C)CC1)C(=O)Nc1cc(C)cc(C)c1. The molecule has 1 aromatic carbocycles. The summed E-state index contributed by atoms with van der Waals surface area (Å²) in [5.74, 6) is 0.760. The second kappa shape index (κ2) is 9.20. The lowest BCUT2D eigenvalue weighted by Crippen LogP contribution is -2.49. The third kappa shape index (κ3) is 5.58. The second-order valence-corrected chi connectivity index (χ2v) is 8.19. The zero-order valence-corrected chi connectivity index (χ0v) is 16.9. The summed E-state index contributed by atoms with van der Waals surface area (Å²) >= 11 is 0. The van der Waals surface area contributed by atoms with Gasteiger partial charge in [0.05, 0.1) is 0 Å². The predicted molar refractivity (Wildman–Crippen MR) is 107 cm³/mol. The van der Waals surface area contributed by atoms with Gasteiger partial charge in [0.15, 0.2) is 0 Å². The van der Waals surface area contributed by atoms with Gasteiger partial charge in [0.1, 0.15) is 6.04 Å². The van der Waals surface area contributed by atoms with Crippen LogP contribution in [0.25, 0.3) is 0 Å². The first-order valence-electron chi connectivity index (χ1n) is 9.99. The molecule has 144 valence electrons. The van der Waals surface area contributed by atoms with Crippen LogP contribution >= 0.6 is 0 Å². The zero-order valence-electron chi connectivity index (χ0n) is 16.9. The van der Waals surface area contributed by atoms with E-state index < -0.39 is 6.04 Å². The molecule has 2 N–H and O–H groups in total. The van der Waals surface area contributed by atoms with Crippen molar-refractivity contribution in [3.63, 3.8) is 0 Å². The van der Waals surface area contributed by atoms with Gasteiger partial charge in [-0.3, -0.25) is 9.59 Å². The normalized spacial score (nSPS) is 22.3. The summed E-state index contributed by atoms with van der Waals surface area (Å²) in [6, 6.07) is 5.51. The van der Waals surface area contributed by atoms with E-state index in [2.05, 4.69) is 30.5 Å². The summed E-state index contributed by atoms with van der Waals surface area (Å²) in [6.45, 7) is 10.3. The minimum atomic E-state index is -0.493. The molecule has 0 saturated heterocycles. The molecule has 0 heterocycles. The van der Waals surface area contributed by atoms with E-state index in [0.717, 1.165) is 48.9 Å². The van der Waals surface area contributed by atoms with E-state index in [1.165, 1.54) is 0 Å². The maximum absolute atomic E-state index is 12.9. The first kappa shape index (κ1) is 20.5. The lowest BCUT2D eigenvalue weighted by Gasteiger charge is -2.29. The van der Waals surface area contributed by atoms with Gasteiger partial charge in [0, 0.05) is 11.6 Å². The number of rotatable bonds is 6. The third-order valence-corrected chi connectivity index (χ3v) is 5.67. The molecule has 2 amide bonds. The van der Waals surface area contributed by atoms with Crippen LogP contribution in [0.15, 0.2) is 18.2 Å². The molecule has 2 rings (SSSR count). The van der Waals surface area contributed by atoms with Crippen molar-refractivity contribution in [3.05, 3.63) is 29.3 Å². The molecule has 1 saturated carbocycles. The minimum Gasteiger partial charge on any atom is -0.344 e. The number of benzene rings is 1. The summed E-state index contributed by atoms with van der Waals surface area (Å²) in [4.78, 5) is 25.6. The van der Waals surface area contributed by atoms with E-state index in [4.69, 9.17) is 0 Å². The smallest absolute Gasteiger partial charge is 0.247 e.